The van der Waals surface area contributed by atoms with Gasteiger partial charge in [0.2, 0.25) is 0 Å². The molecule has 6 nitrogen and oxygen atoms in total. The van der Waals surface area contributed by atoms with Crippen molar-refractivity contribution in [3.8, 4) is 5.75 Å². The Labute approximate surface area is 181 Å². The van der Waals surface area contributed by atoms with Gasteiger partial charge in [0.15, 0.2) is 0 Å². The number of ether oxygens (including phenoxy) is 2. The zero-order valence-electron chi connectivity index (χ0n) is 17.0. The largest absolute Gasteiger partial charge is 0.491 e. The fourth-order valence-electron chi connectivity index (χ4n) is 3.40. The lowest BCUT2D eigenvalue weighted by Gasteiger charge is -2.14. The molecular formula is C25H24N2O4. The molecule has 0 aliphatic carbocycles. The number of hydrogen-bond acceptors (Lipinski definition) is 4. The Kier molecular flexibility index (Phi) is 6.59. The second-order valence-corrected chi connectivity index (χ2v) is 7.29. The molecule has 158 valence electrons. The third-order valence-electron chi connectivity index (χ3n) is 5.01. The van der Waals surface area contributed by atoms with E-state index in [-0.39, 0.29) is 17.9 Å². The maximum atomic E-state index is 12.9. The molecule has 31 heavy (non-hydrogen) atoms. The van der Waals surface area contributed by atoms with Crippen LogP contribution in [0.1, 0.15) is 33.6 Å². The number of nitrogens with one attached hydrogen (secondary N) is 2. The van der Waals surface area contributed by atoms with Crippen molar-refractivity contribution in [2.24, 2.45) is 0 Å². The average Bonchev–Trinajstić information content (AvgIpc) is 3.33. The van der Waals surface area contributed by atoms with Crippen molar-refractivity contribution in [3.05, 3.63) is 90.0 Å². The first-order valence-corrected chi connectivity index (χ1v) is 10.3. The number of amides is 2. The van der Waals surface area contributed by atoms with E-state index in [1.807, 2.05) is 18.2 Å². The van der Waals surface area contributed by atoms with Crippen LogP contribution in [0.25, 0.3) is 0 Å². The van der Waals surface area contributed by atoms with E-state index in [9.17, 15) is 9.59 Å². The quantitative estimate of drug-likeness (QED) is 0.583. The monoisotopic (exact) mass is 416 g/mol. The first kappa shape index (κ1) is 20.6. The number of benzene rings is 3. The number of carbonyl (C=O) groups is 2. The Bertz CT molecular complexity index is 1050. The van der Waals surface area contributed by atoms with E-state index in [4.69, 9.17) is 9.47 Å². The van der Waals surface area contributed by atoms with Crippen LogP contribution in [0.15, 0.2) is 78.9 Å². The molecule has 3 aromatic rings. The van der Waals surface area contributed by atoms with E-state index < -0.39 is 0 Å². The summed E-state index contributed by atoms with van der Waals surface area (Å²) >= 11 is 0. The molecule has 1 fully saturated rings. The van der Waals surface area contributed by atoms with Gasteiger partial charge >= 0.3 is 0 Å². The van der Waals surface area contributed by atoms with E-state index >= 15 is 0 Å². The van der Waals surface area contributed by atoms with Crippen LogP contribution < -0.4 is 15.4 Å². The minimum absolute atomic E-state index is 0.123. The number of hydrogen-bond donors (Lipinski definition) is 2. The predicted molar refractivity (Wildman–Crippen MR) is 120 cm³/mol. The van der Waals surface area contributed by atoms with Crippen LogP contribution in [0.5, 0.6) is 5.75 Å². The number of carbonyl (C=O) groups excluding carboxylic acids is 2. The standard InChI is InChI=1S/C25H24N2O4/c28-24(18-8-2-1-3-9-18)27-23-14-5-4-13-22(23)25(29)26-19-10-6-11-20(16-19)31-17-21-12-7-15-30-21/h1-6,8-11,13-14,16,21H,7,12,15,17H2,(H,26,29)(H,27,28). The smallest absolute Gasteiger partial charge is 0.257 e. The molecule has 2 N–H and O–H groups in total. The average molecular weight is 416 g/mol. The van der Waals surface area contributed by atoms with Crippen LogP contribution in [-0.4, -0.2) is 31.1 Å². The summed E-state index contributed by atoms with van der Waals surface area (Å²) in [5.41, 5.74) is 1.95. The van der Waals surface area contributed by atoms with Crippen molar-refractivity contribution in [2.45, 2.75) is 18.9 Å². The van der Waals surface area contributed by atoms with E-state index in [1.54, 1.807) is 60.7 Å². The van der Waals surface area contributed by atoms with Crippen molar-refractivity contribution in [2.75, 3.05) is 23.8 Å². The molecule has 0 bridgehead atoms. The van der Waals surface area contributed by atoms with Gasteiger partial charge in [0, 0.05) is 23.9 Å². The fourth-order valence-corrected chi connectivity index (χ4v) is 3.40. The van der Waals surface area contributed by atoms with Gasteiger partial charge in [-0.15, -0.1) is 0 Å². The molecule has 1 saturated heterocycles. The van der Waals surface area contributed by atoms with E-state index in [0.29, 0.717) is 34.9 Å². The van der Waals surface area contributed by atoms with Gasteiger partial charge < -0.3 is 20.1 Å². The molecule has 6 heteroatoms. The summed E-state index contributed by atoms with van der Waals surface area (Å²) in [5.74, 6) is 0.0737. The molecule has 1 aliphatic heterocycles. The van der Waals surface area contributed by atoms with Crippen LogP contribution in [0.2, 0.25) is 0 Å². The second-order valence-electron chi connectivity index (χ2n) is 7.29. The van der Waals surface area contributed by atoms with Gasteiger partial charge in [0.1, 0.15) is 12.4 Å². The normalized spacial score (nSPS) is 15.3. The molecule has 3 aromatic carbocycles. The van der Waals surface area contributed by atoms with Gasteiger partial charge in [-0.3, -0.25) is 9.59 Å². The fraction of sp³-hybridized carbons (Fsp3) is 0.200. The Morgan fingerprint density at radius 3 is 2.52 bits per heavy atom. The zero-order valence-corrected chi connectivity index (χ0v) is 17.0. The lowest BCUT2D eigenvalue weighted by molar-refractivity contribution is 0.0679. The molecule has 0 aromatic heterocycles. The van der Waals surface area contributed by atoms with Crippen LogP contribution >= 0.6 is 0 Å². The lowest BCUT2D eigenvalue weighted by atomic mass is 10.1. The maximum Gasteiger partial charge on any atom is 0.257 e. The summed E-state index contributed by atoms with van der Waals surface area (Å²) in [5, 5.41) is 5.70. The van der Waals surface area contributed by atoms with Gasteiger partial charge in [-0.1, -0.05) is 36.4 Å². The molecule has 1 aliphatic rings. The first-order valence-electron chi connectivity index (χ1n) is 10.3. The highest BCUT2D eigenvalue weighted by Crippen LogP contribution is 2.22. The molecule has 1 heterocycles. The summed E-state index contributed by atoms with van der Waals surface area (Å²) in [7, 11) is 0. The van der Waals surface area contributed by atoms with Gasteiger partial charge in [-0.05, 0) is 49.2 Å². The Hall–Kier alpha value is -3.64. The van der Waals surface area contributed by atoms with E-state index in [2.05, 4.69) is 10.6 Å². The highest BCUT2D eigenvalue weighted by molar-refractivity contribution is 6.12. The van der Waals surface area contributed by atoms with Crippen molar-refractivity contribution < 1.29 is 19.1 Å². The molecule has 1 atom stereocenters. The summed E-state index contributed by atoms with van der Waals surface area (Å²) in [6, 6.07) is 23.0. The zero-order chi connectivity index (χ0) is 21.5. The molecule has 1 unspecified atom stereocenters. The summed E-state index contributed by atoms with van der Waals surface area (Å²) in [6.45, 7) is 1.27. The number of rotatable bonds is 7. The molecule has 2 amide bonds. The highest BCUT2D eigenvalue weighted by atomic mass is 16.5. The van der Waals surface area contributed by atoms with Gasteiger partial charge in [0.25, 0.3) is 11.8 Å². The van der Waals surface area contributed by atoms with Crippen LogP contribution in [0.3, 0.4) is 0 Å². The van der Waals surface area contributed by atoms with Gasteiger partial charge in [0.05, 0.1) is 17.4 Å². The first-order chi connectivity index (χ1) is 15.2. The predicted octanol–water partition coefficient (Wildman–Crippen LogP) is 4.75. The Balaban J connectivity index is 1.43. The minimum atomic E-state index is -0.319. The van der Waals surface area contributed by atoms with Crippen LogP contribution in [0.4, 0.5) is 11.4 Å². The van der Waals surface area contributed by atoms with Crippen LogP contribution in [-0.2, 0) is 4.74 Å². The Morgan fingerprint density at radius 1 is 0.903 bits per heavy atom. The molecule has 0 radical (unpaired) electrons. The SMILES string of the molecule is O=C(Nc1ccccc1C(=O)Nc1cccc(OCC2CCCO2)c1)c1ccccc1. The van der Waals surface area contributed by atoms with Gasteiger partial charge in [-0.2, -0.15) is 0 Å². The van der Waals surface area contributed by atoms with E-state index in [1.165, 1.54) is 0 Å². The highest BCUT2D eigenvalue weighted by Gasteiger charge is 2.17. The number of anilines is 2. The molecule has 0 saturated carbocycles. The second kappa shape index (κ2) is 9.91. The summed E-state index contributed by atoms with van der Waals surface area (Å²) < 4.78 is 11.4. The van der Waals surface area contributed by atoms with Crippen molar-refractivity contribution >= 4 is 23.2 Å². The summed E-state index contributed by atoms with van der Waals surface area (Å²) in [6.07, 6.45) is 2.19. The number of para-hydroxylation sites is 1. The maximum absolute atomic E-state index is 12.9. The topological polar surface area (TPSA) is 76.7 Å². The molecule has 4 rings (SSSR count). The van der Waals surface area contributed by atoms with Crippen LogP contribution in [0, 0.1) is 0 Å². The lowest BCUT2D eigenvalue weighted by Crippen LogP contribution is -2.18. The van der Waals surface area contributed by atoms with Crippen molar-refractivity contribution in [1.82, 2.24) is 0 Å². The third-order valence-corrected chi connectivity index (χ3v) is 5.01. The van der Waals surface area contributed by atoms with E-state index in [0.717, 1.165) is 19.4 Å². The third kappa shape index (κ3) is 5.49. The van der Waals surface area contributed by atoms with Gasteiger partial charge in [-0.25, -0.2) is 0 Å². The molecular weight excluding hydrogens is 392 g/mol. The van der Waals surface area contributed by atoms with Crippen molar-refractivity contribution in [3.63, 3.8) is 0 Å². The minimum Gasteiger partial charge on any atom is -0.491 e. The molecule has 0 spiro atoms. The Morgan fingerprint density at radius 2 is 1.71 bits per heavy atom. The van der Waals surface area contributed by atoms with Crippen molar-refractivity contribution in [1.29, 1.82) is 0 Å². The summed E-state index contributed by atoms with van der Waals surface area (Å²) in [4.78, 5) is 25.4.